The molecule has 100 valence electrons. The maximum atomic E-state index is 6.08. The number of aromatic nitrogens is 1. The zero-order chi connectivity index (χ0) is 13.7. The minimum absolute atomic E-state index is 0.516. The molecule has 0 bridgehead atoms. The number of rotatable bonds is 5. The number of halogens is 1. The summed E-state index contributed by atoms with van der Waals surface area (Å²) in [4.78, 5) is 4.17. The van der Waals surface area contributed by atoms with E-state index in [1.807, 2.05) is 37.4 Å². The van der Waals surface area contributed by atoms with Gasteiger partial charge in [0.05, 0.1) is 0 Å². The van der Waals surface area contributed by atoms with Gasteiger partial charge in [0.25, 0.3) is 0 Å². The highest BCUT2D eigenvalue weighted by molar-refractivity contribution is 6.31. The lowest BCUT2D eigenvalue weighted by molar-refractivity contribution is 0.306. The van der Waals surface area contributed by atoms with Crippen molar-refractivity contribution in [2.75, 3.05) is 12.4 Å². The first-order valence-electron chi connectivity index (χ1n) is 6.27. The van der Waals surface area contributed by atoms with Crippen LogP contribution in [0.15, 0.2) is 36.5 Å². The number of aryl methyl sites for hydroxylation is 1. The summed E-state index contributed by atoms with van der Waals surface area (Å²) in [5, 5.41) is 3.80. The smallest absolute Gasteiger partial charge is 0.126 e. The molecular weight excluding hydrogens is 260 g/mol. The molecule has 3 nitrogen and oxygen atoms in total. The van der Waals surface area contributed by atoms with Crippen LogP contribution in [0.2, 0.25) is 5.02 Å². The maximum Gasteiger partial charge on any atom is 0.126 e. The lowest BCUT2D eigenvalue weighted by Gasteiger charge is -2.09. The normalized spacial score (nSPS) is 10.3. The number of nitrogens with one attached hydrogen (secondary N) is 1. The van der Waals surface area contributed by atoms with Crippen molar-refractivity contribution in [3.8, 4) is 5.75 Å². The molecule has 1 aromatic heterocycles. The fourth-order valence-electron chi connectivity index (χ4n) is 1.78. The third kappa shape index (κ3) is 3.61. The average Bonchev–Trinajstić information content (AvgIpc) is 2.46. The van der Waals surface area contributed by atoms with Gasteiger partial charge in [0, 0.05) is 18.3 Å². The summed E-state index contributed by atoms with van der Waals surface area (Å²) in [7, 11) is 1.85. The van der Waals surface area contributed by atoms with Crippen molar-refractivity contribution in [3.05, 3.63) is 52.7 Å². The van der Waals surface area contributed by atoms with Crippen LogP contribution < -0.4 is 10.1 Å². The van der Waals surface area contributed by atoms with Crippen molar-refractivity contribution < 1.29 is 4.74 Å². The molecule has 0 fully saturated rings. The highest BCUT2D eigenvalue weighted by Crippen LogP contribution is 2.23. The Balaban J connectivity index is 2.05. The molecule has 0 spiro atoms. The van der Waals surface area contributed by atoms with E-state index < -0.39 is 0 Å². The molecule has 0 saturated carbocycles. The first kappa shape index (κ1) is 13.7. The lowest BCUT2D eigenvalue weighted by Crippen LogP contribution is -1.99. The van der Waals surface area contributed by atoms with Crippen LogP contribution in [0.3, 0.4) is 0 Å². The van der Waals surface area contributed by atoms with E-state index in [-0.39, 0.29) is 0 Å². The SMILES string of the molecule is CCc1cc(OCc2ccnc(NC)c2)ccc1Cl. The zero-order valence-electron chi connectivity index (χ0n) is 11.1. The molecule has 19 heavy (non-hydrogen) atoms. The van der Waals surface area contributed by atoms with Crippen molar-refractivity contribution in [2.24, 2.45) is 0 Å². The Bertz CT molecular complexity index is 558. The van der Waals surface area contributed by atoms with E-state index in [0.29, 0.717) is 6.61 Å². The van der Waals surface area contributed by atoms with E-state index in [4.69, 9.17) is 16.3 Å². The van der Waals surface area contributed by atoms with Crippen molar-refractivity contribution >= 4 is 17.4 Å². The Labute approximate surface area is 118 Å². The lowest BCUT2D eigenvalue weighted by atomic mass is 10.1. The van der Waals surface area contributed by atoms with E-state index in [0.717, 1.165) is 34.1 Å². The summed E-state index contributed by atoms with van der Waals surface area (Å²) in [6, 6.07) is 9.67. The molecule has 0 amide bonds. The third-order valence-electron chi connectivity index (χ3n) is 2.88. The first-order valence-corrected chi connectivity index (χ1v) is 6.64. The molecule has 0 atom stereocenters. The largest absolute Gasteiger partial charge is 0.489 e. The molecule has 1 heterocycles. The molecule has 0 aliphatic carbocycles. The zero-order valence-corrected chi connectivity index (χ0v) is 11.9. The number of pyridine rings is 1. The first-order chi connectivity index (χ1) is 9.22. The van der Waals surface area contributed by atoms with Crippen LogP contribution in [-0.2, 0) is 13.0 Å². The van der Waals surface area contributed by atoms with Gasteiger partial charge in [-0.25, -0.2) is 4.98 Å². The Morgan fingerprint density at radius 1 is 1.26 bits per heavy atom. The minimum Gasteiger partial charge on any atom is -0.489 e. The standard InChI is InChI=1S/C15H17ClN2O/c1-3-12-9-13(4-5-14(12)16)19-10-11-6-7-18-15(8-11)17-2/h4-9H,3,10H2,1-2H3,(H,17,18). The van der Waals surface area contributed by atoms with Crippen LogP contribution in [0.25, 0.3) is 0 Å². The van der Waals surface area contributed by atoms with Crippen LogP contribution in [0.1, 0.15) is 18.1 Å². The molecule has 0 unspecified atom stereocenters. The highest BCUT2D eigenvalue weighted by Gasteiger charge is 2.02. The van der Waals surface area contributed by atoms with Gasteiger partial charge in [-0.1, -0.05) is 18.5 Å². The number of nitrogens with zero attached hydrogens (tertiary/aromatic N) is 1. The summed E-state index contributed by atoms with van der Waals surface area (Å²) in [6.45, 7) is 2.59. The van der Waals surface area contributed by atoms with E-state index in [2.05, 4.69) is 17.2 Å². The van der Waals surface area contributed by atoms with Gasteiger partial charge >= 0.3 is 0 Å². The number of anilines is 1. The number of hydrogen-bond donors (Lipinski definition) is 1. The van der Waals surface area contributed by atoms with Gasteiger partial charge < -0.3 is 10.1 Å². The molecule has 2 aromatic rings. The molecule has 1 N–H and O–H groups in total. The number of hydrogen-bond acceptors (Lipinski definition) is 3. The fraction of sp³-hybridized carbons (Fsp3) is 0.267. The molecular formula is C15H17ClN2O. The Hall–Kier alpha value is -1.74. The highest BCUT2D eigenvalue weighted by atomic mass is 35.5. The van der Waals surface area contributed by atoms with E-state index in [9.17, 15) is 0 Å². The molecule has 4 heteroatoms. The van der Waals surface area contributed by atoms with Gasteiger partial charge in [-0.3, -0.25) is 0 Å². The second-order valence-corrected chi connectivity index (χ2v) is 4.60. The molecule has 0 radical (unpaired) electrons. The third-order valence-corrected chi connectivity index (χ3v) is 3.25. The van der Waals surface area contributed by atoms with Crippen molar-refractivity contribution in [1.82, 2.24) is 4.98 Å². The van der Waals surface area contributed by atoms with E-state index in [1.54, 1.807) is 6.20 Å². The van der Waals surface area contributed by atoms with Gasteiger partial charge in [0.1, 0.15) is 18.2 Å². The van der Waals surface area contributed by atoms with E-state index in [1.165, 1.54) is 0 Å². The van der Waals surface area contributed by atoms with Crippen LogP contribution >= 0.6 is 11.6 Å². The molecule has 2 rings (SSSR count). The summed E-state index contributed by atoms with van der Waals surface area (Å²) in [6.07, 6.45) is 2.67. The van der Waals surface area contributed by atoms with Gasteiger partial charge in [-0.15, -0.1) is 0 Å². The van der Waals surface area contributed by atoms with Crippen molar-refractivity contribution in [2.45, 2.75) is 20.0 Å². The Morgan fingerprint density at radius 2 is 2.11 bits per heavy atom. The minimum atomic E-state index is 0.516. The predicted octanol–water partition coefficient (Wildman–Crippen LogP) is 3.92. The molecule has 1 aromatic carbocycles. The average molecular weight is 277 g/mol. The topological polar surface area (TPSA) is 34.1 Å². The monoisotopic (exact) mass is 276 g/mol. The summed E-state index contributed by atoms with van der Waals surface area (Å²) in [5.41, 5.74) is 2.18. The Morgan fingerprint density at radius 3 is 2.84 bits per heavy atom. The van der Waals surface area contributed by atoms with Crippen LogP contribution in [-0.4, -0.2) is 12.0 Å². The maximum absolute atomic E-state index is 6.08. The van der Waals surface area contributed by atoms with Crippen molar-refractivity contribution in [3.63, 3.8) is 0 Å². The van der Waals surface area contributed by atoms with Gasteiger partial charge in [-0.2, -0.15) is 0 Å². The Kier molecular flexibility index (Phi) is 4.63. The van der Waals surface area contributed by atoms with Crippen LogP contribution in [0, 0.1) is 0 Å². The fourth-order valence-corrected chi connectivity index (χ4v) is 2.03. The van der Waals surface area contributed by atoms with Crippen molar-refractivity contribution in [1.29, 1.82) is 0 Å². The summed E-state index contributed by atoms with van der Waals surface area (Å²) < 4.78 is 5.77. The van der Waals surface area contributed by atoms with Gasteiger partial charge in [-0.05, 0) is 47.9 Å². The molecule has 0 aliphatic rings. The quantitative estimate of drug-likeness (QED) is 0.899. The van der Waals surface area contributed by atoms with Gasteiger partial charge in [0.15, 0.2) is 0 Å². The van der Waals surface area contributed by atoms with Crippen LogP contribution in [0.5, 0.6) is 5.75 Å². The van der Waals surface area contributed by atoms with E-state index >= 15 is 0 Å². The number of benzene rings is 1. The predicted molar refractivity (Wildman–Crippen MR) is 78.9 cm³/mol. The molecule has 0 aliphatic heterocycles. The van der Waals surface area contributed by atoms with Gasteiger partial charge in [0.2, 0.25) is 0 Å². The summed E-state index contributed by atoms with van der Waals surface area (Å²) >= 11 is 6.08. The van der Waals surface area contributed by atoms with Crippen LogP contribution in [0.4, 0.5) is 5.82 Å². The number of ether oxygens (including phenoxy) is 1. The second-order valence-electron chi connectivity index (χ2n) is 4.19. The summed E-state index contributed by atoms with van der Waals surface area (Å²) in [5.74, 6) is 1.68. The second kappa shape index (κ2) is 6.43. The molecule has 0 saturated heterocycles.